The van der Waals surface area contributed by atoms with E-state index in [1.807, 2.05) is 42.5 Å². The van der Waals surface area contributed by atoms with Gasteiger partial charge in [-0.25, -0.2) is 4.79 Å². The van der Waals surface area contributed by atoms with Crippen LogP contribution in [0.3, 0.4) is 0 Å². The first kappa shape index (κ1) is 46.6. The number of carbonyl (C=O) groups is 2. The Labute approximate surface area is 374 Å². The van der Waals surface area contributed by atoms with Gasteiger partial charge in [0.15, 0.2) is 5.76 Å². The molecule has 4 aliphatic rings. The third kappa shape index (κ3) is 10.3. The molecule has 2 N–H and O–H groups in total. The van der Waals surface area contributed by atoms with Gasteiger partial charge in [0.25, 0.3) is 0 Å². The third-order valence-electron chi connectivity index (χ3n) is 14.4. The molecule has 1 amide bonds. The Kier molecular flexibility index (Phi) is 14.1. The van der Waals surface area contributed by atoms with Gasteiger partial charge in [-0.3, -0.25) is 4.79 Å². The highest BCUT2D eigenvalue weighted by molar-refractivity contribution is 6.33. The smallest absolute Gasteiger partial charge is 0.416 e. The van der Waals surface area contributed by atoms with E-state index in [1.54, 1.807) is 11.0 Å². The Bertz CT molecular complexity index is 2290. The number of nitrogens with zero attached hydrogens (tertiary/aromatic N) is 1. The Morgan fingerprint density at radius 1 is 0.984 bits per heavy atom. The van der Waals surface area contributed by atoms with Gasteiger partial charge in [-0.15, -0.1) is 0 Å². The number of carbonyl (C=O) groups excluding carboxylic acids is 2. The Hall–Kier alpha value is -4.38. The number of hydrogen-bond acceptors (Lipinski definition) is 6. The van der Waals surface area contributed by atoms with E-state index in [4.69, 9.17) is 20.8 Å². The minimum absolute atomic E-state index is 0.00480. The van der Waals surface area contributed by atoms with Crippen molar-refractivity contribution in [2.45, 2.75) is 135 Å². The van der Waals surface area contributed by atoms with Gasteiger partial charge in [0.1, 0.15) is 11.9 Å². The van der Waals surface area contributed by atoms with E-state index >= 15 is 0 Å². The number of furan rings is 1. The molecular weight excluding hydrogens is 827 g/mol. The van der Waals surface area contributed by atoms with E-state index in [0.717, 1.165) is 54.2 Å². The van der Waals surface area contributed by atoms with Crippen molar-refractivity contribution < 1.29 is 42.1 Å². The molecule has 7 nitrogen and oxygen atoms in total. The number of ether oxygens (including phenoxy) is 1. The number of halogens is 4. The number of aliphatic hydroxyl groups excluding tert-OH is 1. The molecule has 3 aromatic carbocycles. The second kappa shape index (κ2) is 19.0. The highest BCUT2D eigenvalue weighted by atomic mass is 35.5. The van der Waals surface area contributed by atoms with E-state index in [1.165, 1.54) is 12.1 Å². The van der Waals surface area contributed by atoms with Crippen molar-refractivity contribution in [1.82, 2.24) is 4.90 Å². The first-order chi connectivity index (χ1) is 29.8. The summed E-state index contributed by atoms with van der Waals surface area (Å²) >= 11 is 6.37. The molecule has 0 unspecified atom stereocenters. The summed E-state index contributed by atoms with van der Waals surface area (Å²) in [4.78, 5) is 31.0. The summed E-state index contributed by atoms with van der Waals surface area (Å²) < 4.78 is 53.6. The summed E-state index contributed by atoms with van der Waals surface area (Å²) in [6.45, 7) is 10.9. The van der Waals surface area contributed by atoms with Crippen LogP contribution in [0, 0.1) is 23.2 Å². The lowest BCUT2D eigenvalue weighted by Crippen LogP contribution is -2.54. The van der Waals surface area contributed by atoms with Crippen LogP contribution in [0.15, 0.2) is 94.9 Å². The lowest BCUT2D eigenvalue weighted by molar-refractivity contribution is -0.137. The van der Waals surface area contributed by atoms with Crippen LogP contribution < -0.4 is 0 Å². The largest absolute Gasteiger partial charge is 0.453 e. The predicted molar refractivity (Wildman–Crippen MR) is 239 cm³/mol. The van der Waals surface area contributed by atoms with Crippen molar-refractivity contribution >= 4 is 23.5 Å². The maximum absolute atomic E-state index is 14.8. The molecule has 1 aromatic heterocycles. The van der Waals surface area contributed by atoms with Crippen molar-refractivity contribution in [3.63, 3.8) is 0 Å². The van der Waals surface area contributed by atoms with Gasteiger partial charge in [-0.1, -0.05) is 99.8 Å². The Morgan fingerprint density at radius 3 is 2.48 bits per heavy atom. The van der Waals surface area contributed by atoms with Gasteiger partial charge in [0.2, 0.25) is 5.78 Å². The number of alkyl halides is 3. The molecule has 2 saturated carbocycles. The van der Waals surface area contributed by atoms with Gasteiger partial charge in [-0.2, -0.15) is 13.2 Å². The van der Waals surface area contributed by atoms with Gasteiger partial charge in [-0.05, 0) is 141 Å². The zero-order valence-electron chi connectivity index (χ0n) is 37.0. The van der Waals surface area contributed by atoms with E-state index in [2.05, 4.69) is 40.7 Å². The summed E-state index contributed by atoms with van der Waals surface area (Å²) in [6.07, 6.45) is 2.59. The SMILES string of the molecule is CC1=CCC[C@@]2(C)[C@@H](CC[C@@]2(O)CN(Cc2ccccc2)C(=O)O[C@H]2C[C@@H](C)CC[C@@H]2C(C)C)c2ccc(cc2C(=O)c2ccc(-c3cc(C(F)(F)F)ccc3Cl)o2)C[C@@H](O)CC1. The molecule has 0 aliphatic heterocycles. The average molecular weight is 889 g/mol. The molecule has 0 saturated heterocycles. The van der Waals surface area contributed by atoms with Crippen molar-refractivity contribution in [2.24, 2.45) is 23.2 Å². The first-order valence-electron chi connectivity index (χ1n) is 22.5. The molecule has 11 heteroatoms. The topological polar surface area (TPSA) is 100 Å². The molecule has 4 aliphatic carbocycles. The first-order valence-corrected chi connectivity index (χ1v) is 22.9. The fourth-order valence-corrected chi connectivity index (χ4v) is 10.8. The molecule has 338 valence electrons. The molecule has 63 heavy (non-hydrogen) atoms. The van der Waals surface area contributed by atoms with E-state index in [0.29, 0.717) is 67.9 Å². The Balaban J connectivity index is 1.27. The highest BCUT2D eigenvalue weighted by Gasteiger charge is 2.58. The summed E-state index contributed by atoms with van der Waals surface area (Å²) in [5, 5.41) is 24.4. The van der Waals surface area contributed by atoms with Crippen LogP contribution in [0.1, 0.15) is 137 Å². The van der Waals surface area contributed by atoms with Crippen molar-refractivity contribution in [1.29, 1.82) is 0 Å². The summed E-state index contributed by atoms with van der Waals surface area (Å²) in [7, 11) is 0. The van der Waals surface area contributed by atoms with Gasteiger partial charge in [0.05, 0.1) is 28.8 Å². The predicted octanol–water partition coefficient (Wildman–Crippen LogP) is 13.0. The zero-order valence-corrected chi connectivity index (χ0v) is 37.8. The highest BCUT2D eigenvalue weighted by Crippen LogP contribution is 2.59. The molecule has 1 heterocycles. The van der Waals surface area contributed by atoms with Gasteiger partial charge < -0.3 is 24.3 Å². The van der Waals surface area contributed by atoms with Crippen LogP contribution in [0.5, 0.6) is 0 Å². The standard InChI is InChI=1S/C52H61ClF3NO6/c1-32(2)39-18-14-34(4)26-47(39)63-49(60)57(30-35-11-7-6-8-12-35)31-51(61)25-23-43-40-19-15-36(27-38(58)17-13-33(3)10-9-24-50(43,51)5)28-41(40)48(59)46-22-21-45(62-46)42-29-37(52(54,55)56)16-20-44(42)53/h6-8,10-12,15-16,19-22,28-29,32,34,38-39,43,47,58,61H,9,13-14,17-18,23-27,30-31H2,1-5H3/t34-,38-,39+,43-,47-,50-,51+/m0/s1. The lowest BCUT2D eigenvalue weighted by atomic mass is 9.64. The second-order valence-corrected chi connectivity index (χ2v) is 19.6. The number of allylic oxidation sites excluding steroid dienone is 2. The number of ketones is 1. The zero-order chi connectivity index (χ0) is 45.3. The number of hydrogen-bond donors (Lipinski definition) is 2. The number of rotatable bonds is 9. The van der Waals surface area contributed by atoms with E-state index in [9.17, 15) is 33.0 Å². The van der Waals surface area contributed by atoms with Crippen LogP contribution >= 0.6 is 11.6 Å². The molecule has 0 radical (unpaired) electrons. The number of amides is 1. The molecule has 0 spiro atoms. The fourth-order valence-electron chi connectivity index (χ4n) is 10.6. The molecule has 2 fully saturated rings. The summed E-state index contributed by atoms with van der Waals surface area (Å²) in [6, 6.07) is 21.2. The van der Waals surface area contributed by atoms with E-state index < -0.39 is 40.7 Å². The number of aliphatic hydroxyl groups is 2. The normalized spacial score (nSPS) is 26.8. The lowest BCUT2D eigenvalue weighted by Gasteiger charge is -2.46. The summed E-state index contributed by atoms with van der Waals surface area (Å²) in [5.41, 5.74) is 0.648. The van der Waals surface area contributed by atoms with Crippen LogP contribution in [-0.4, -0.2) is 51.3 Å². The third-order valence-corrected chi connectivity index (χ3v) is 14.8. The average Bonchev–Trinajstić information content (AvgIpc) is 3.82. The van der Waals surface area contributed by atoms with Crippen LogP contribution in [0.2, 0.25) is 5.02 Å². The minimum Gasteiger partial charge on any atom is -0.453 e. The number of benzene rings is 3. The number of fused-ring (bicyclic) bond motifs is 8. The Morgan fingerprint density at radius 2 is 1.75 bits per heavy atom. The van der Waals surface area contributed by atoms with Crippen LogP contribution in [-0.2, 0) is 23.9 Å². The minimum atomic E-state index is -4.61. The molecule has 8 rings (SSSR count). The second-order valence-electron chi connectivity index (χ2n) is 19.2. The molecule has 2 bridgehead atoms. The van der Waals surface area contributed by atoms with Crippen LogP contribution in [0.25, 0.3) is 11.3 Å². The van der Waals surface area contributed by atoms with Crippen molar-refractivity contribution in [2.75, 3.05) is 6.54 Å². The van der Waals surface area contributed by atoms with Crippen molar-refractivity contribution in [3.05, 3.63) is 129 Å². The quantitative estimate of drug-likeness (QED) is 0.128. The van der Waals surface area contributed by atoms with E-state index in [-0.39, 0.29) is 53.1 Å². The van der Waals surface area contributed by atoms with Gasteiger partial charge in [0, 0.05) is 23.1 Å². The molecule has 4 aromatic rings. The monoisotopic (exact) mass is 887 g/mol. The summed E-state index contributed by atoms with van der Waals surface area (Å²) in [5.74, 6) is 0.103. The molecular formula is C52H61ClF3NO6. The maximum Gasteiger partial charge on any atom is 0.416 e. The molecule has 7 atom stereocenters. The fraction of sp³-hybridized carbons (Fsp3) is 0.500. The van der Waals surface area contributed by atoms with Crippen molar-refractivity contribution in [3.8, 4) is 11.3 Å². The van der Waals surface area contributed by atoms with Gasteiger partial charge >= 0.3 is 12.3 Å². The van der Waals surface area contributed by atoms with Crippen LogP contribution in [0.4, 0.5) is 18.0 Å². The maximum atomic E-state index is 14.8.